The Labute approximate surface area is 163 Å². The highest BCUT2D eigenvalue weighted by atomic mass is 16.7. The van der Waals surface area contributed by atoms with Crippen molar-refractivity contribution in [2.45, 2.75) is 39.5 Å². The van der Waals surface area contributed by atoms with Gasteiger partial charge in [0, 0.05) is 22.2 Å². The second-order valence-electron chi connectivity index (χ2n) is 6.71. The monoisotopic (exact) mass is 387 g/mol. The smallest absolute Gasteiger partial charge is 0.325 e. The number of nitrogens with one attached hydrogen (secondary N) is 1. The number of aromatic nitrogens is 1. The number of carbonyl (C=O) groups is 2. The number of para-hydroxylation sites is 1. The minimum atomic E-state index is -0.898. The summed E-state index contributed by atoms with van der Waals surface area (Å²) in [6.07, 6.45) is 1.66. The van der Waals surface area contributed by atoms with Crippen molar-refractivity contribution in [3.05, 3.63) is 35.5 Å². The first kappa shape index (κ1) is 20.0. The number of nitrogens with zero attached hydrogens (tertiary/aromatic N) is 2. The normalized spacial score (nSPS) is 16.0. The number of rotatable bonds is 7. The third-order valence-corrected chi connectivity index (χ3v) is 4.63. The molecule has 0 radical (unpaired) electrons. The molecular formula is C20H25N3O5. The van der Waals surface area contributed by atoms with Crippen molar-refractivity contribution in [3.63, 3.8) is 0 Å². The van der Waals surface area contributed by atoms with Crippen molar-refractivity contribution in [1.29, 1.82) is 0 Å². The van der Waals surface area contributed by atoms with Crippen molar-refractivity contribution < 1.29 is 23.8 Å². The van der Waals surface area contributed by atoms with Crippen molar-refractivity contribution in [2.24, 2.45) is 5.10 Å². The number of amides is 1. The molecule has 0 saturated carbocycles. The van der Waals surface area contributed by atoms with Crippen molar-refractivity contribution in [1.82, 2.24) is 9.99 Å². The summed E-state index contributed by atoms with van der Waals surface area (Å²) in [7, 11) is 0. The SMILES string of the molecule is CCOC(=O)Cn1c(C)c(/C=N\NC(=O)CC2(C)OCCO2)c2ccccc21. The summed E-state index contributed by atoms with van der Waals surface area (Å²) < 4.78 is 17.8. The second-order valence-corrected chi connectivity index (χ2v) is 6.71. The lowest BCUT2D eigenvalue weighted by Crippen LogP contribution is -2.33. The van der Waals surface area contributed by atoms with Crippen LogP contribution in [0.3, 0.4) is 0 Å². The van der Waals surface area contributed by atoms with Crippen LogP contribution in [0.2, 0.25) is 0 Å². The van der Waals surface area contributed by atoms with Gasteiger partial charge < -0.3 is 18.8 Å². The van der Waals surface area contributed by atoms with Crippen LogP contribution in [0.25, 0.3) is 10.9 Å². The largest absolute Gasteiger partial charge is 0.465 e. The molecule has 1 aliphatic heterocycles. The molecule has 1 aromatic carbocycles. The number of benzene rings is 1. The van der Waals surface area contributed by atoms with Gasteiger partial charge in [-0.1, -0.05) is 18.2 Å². The molecule has 1 saturated heterocycles. The van der Waals surface area contributed by atoms with E-state index in [0.717, 1.165) is 22.2 Å². The number of hydrogen-bond donors (Lipinski definition) is 1. The molecule has 1 N–H and O–H groups in total. The third-order valence-electron chi connectivity index (χ3n) is 4.63. The van der Waals surface area contributed by atoms with Crippen molar-refractivity contribution >= 4 is 29.0 Å². The van der Waals surface area contributed by atoms with E-state index in [1.54, 1.807) is 20.1 Å². The molecule has 1 aliphatic rings. The Morgan fingerprint density at radius 2 is 2.04 bits per heavy atom. The quantitative estimate of drug-likeness (QED) is 0.446. The Morgan fingerprint density at radius 3 is 2.75 bits per heavy atom. The number of ether oxygens (including phenoxy) is 3. The summed E-state index contributed by atoms with van der Waals surface area (Å²) in [6.45, 7) is 6.83. The maximum Gasteiger partial charge on any atom is 0.325 e. The predicted molar refractivity (Wildman–Crippen MR) is 104 cm³/mol. The van der Waals surface area contributed by atoms with Crippen LogP contribution >= 0.6 is 0 Å². The van der Waals surface area contributed by atoms with Gasteiger partial charge >= 0.3 is 5.97 Å². The maximum atomic E-state index is 12.1. The van der Waals surface area contributed by atoms with E-state index in [9.17, 15) is 9.59 Å². The summed E-state index contributed by atoms with van der Waals surface area (Å²) in [4.78, 5) is 24.1. The lowest BCUT2D eigenvalue weighted by atomic mass is 10.1. The zero-order valence-corrected chi connectivity index (χ0v) is 16.4. The van der Waals surface area contributed by atoms with E-state index >= 15 is 0 Å². The number of hydrogen-bond acceptors (Lipinski definition) is 6. The van der Waals surface area contributed by atoms with Crippen LogP contribution in [0.5, 0.6) is 0 Å². The molecule has 1 fully saturated rings. The molecule has 2 aromatic rings. The lowest BCUT2D eigenvalue weighted by molar-refractivity contribution is -0.159. The van der Waals surface area contributed by atoms with E-state index in [1.165, 1.54) is 0 Å². The van der Waals surface area contributed by atoms with E-state index in [2.05, 4.69) is 10.5 Å². The Morgan fingerprint density at radius 1 is 1.32 bits per heavy atom. The lowest BCUT2D eigenvalue weighted by Gasteiger charge is -2.20. The van der Waals surface area contributed by atoms with Gasteiger partial charge in [-0.15, -0.1) is 0 Å². The topological polar surface area (TPSA) is 91.2 Å². The summed E-state index contributed by atoms with van der Waals surface area (Å²) >= 11 is 0. The van der Waals surface area contributed by atoms with Gasteiger partial charge in [-0.25, -0.2) is 5.43 Å². The van der Waals surface area contributed by atoms with Gasteiger partial charge in [-0.3, -0.25) is 9.59 Å². The van der Waals surface area contributed by atoms with E-state index in [4.69, 9.17) is 14.2 Å². The van der Waals surface area contributed by atoms with Crippen LogP contribution in [-0.4, -0.2) is 48.3 Å². The first-order valence-electron chi connectivity index (χ1n) is 9.27. The van der Waals surface area contributed by atoms with E-state index in [-0.39, 0.29) is 24.8 Å². The highest BCUT2D eigenvalue weighted by Gasteiger charge is 2.33. The molecule has 0 aliphatic carbocycles. The summed E-state index contributed by atoms with van der Waals surface area (Å²) in [5.41, 5.74) is 5.11. The van der Waals surface area contributed by atoms with Crippen molar-refractivity contribution in [3.8, 4) is 0 Å². The standard InChI is InChI=1S/C20H25N3O5/c1-4-26-19(25)13-23-14(2)16(15-7-5-6-8-17(15)23)12-21-22-18(24)11-20(3)27-9-10-28-20/h5-8,12H,4,9-11,13H2,1-3H3,(H,22,24)/b21-12-. The van der Waals surface area contributed by atoms with Gasteiger partial charge in [0.2, 0.25) is 5.91 Å². The number of fused-ring (bicyclic) bond motifs is 1. The molecule has 1 aromatic heterocycles. The van der Waals surface area contributed by atoms with Gasteiger partial charge in [-0.05, 0) is 26.8 Å². The Bertz CT molecular complexity index is 897. The Hall–Kier alpha value is -2.71. The fourth-order valence-electron chi connectivity index (χ4n) is 3.32. The third kappa shape index (κ3) is 4.40. The van der Waals surface area contributed by atoms with E-state index in [0.29, 0.717) is 19.8 Å². The highest BCUT2D eigenvalue weighted by Crippen LogP contribution is 2.25. The highest BCUT2D eigenvalue weighted by molar-refractivity contribution is 6.01. The van der Waals surface area contributed by atoms with Gasteiger partial charge in [0.1, 0.15) is 6.54 Å². The first-order valence-corrected chi connectivity index (χ1v) is 9.27. The molecule has 3 rings (SSSR count). The molecule has 0 unspecified atom stereocenters. The molecule has 1 amide bonds. The average Bonchev–Trinajstić information content (AvgIpc) is 3.19. The van der Waals surface area contributed by atoms with Crippen LogP contribution in [0.4, 0.5) is 0 Å². The molecule has 28 heavy (non-hydrogen) atoms. The van der Waals surface area contributed by atoms with Gasteiger partial charge in [0.15, 0.2) is 5.79 Å². The van der Waals surface area contributed by atoms with E-state index < -0.39 is 5.79 Å². The van der Waals surface area contributed by atoms with Crippen LogP contribution < -0.4 is 5.43 Å². The first-order chi connectivity index (χ1) is 13.4. The summed E-state index contributed by atoms with van der Waals surface area (Å²) in [5.74, 6) is -1.49. The molecule has 0 spiro atoms. The Balaban J connectivity index is 1.77. The molecule has 8 heteroatoms. The molecule has 0 bridgehead atoms. The second kappa shape index (κ2) is 8.53. The summed E-state index contributed by atoms with van der Waals surface area (Å²) in [5, 5.41) is 5.03. The number of esters is 1. The molecule has 0 atom stereocenters. The Kier molecular flexibility index (Phi) is 6.11. The molecule has 8 nitrogen and oxygen atoms in total. The zero-order valence-electron chi connectivity index (χ0n) is 16.4. The van der Waals surface area contributed by atoms with Crippen LogP contribution in [0.1, 0.15) is 31.5 Å². The minimum absolute atomic E-state index is 0.0634. The fraction of sp³-hybridized carbons (Fsp3) is 0.450. The van der Waals surface area contributed by atoms with Crippen LogP contribution in [-0.2, 0) is 30.3 Å². The molecular weight excluding hydrogens is 362 g/mol. The van der Waals surface area contributed by atoms with Crippen LogP contribution in [0.15, 0.2) is 29.4 Å². The van der Waals surface area contributed by atoms with E-state index in [1.807, 2.05) is 35.8 Å². The number of carbonyl (C=O) groups excluding carboxylic acids is 2. The summed E-state index contributed by atoms with van der Waals surface area (Å²) in [6, 6.07) is 7.72. The van der Waals surface area contributed by atoms with Crippen molar-refractivity contribution in [2.75, 3.05) is 19.8 Å². The predicted octanol–water partition coefficient (Wildman–Crippen LogP) is 2.12. The van der Waals surface area contributed by atoms with Crippen LogP contribution in [0, 0.1) is 6.92 Å². The zero-order chi connectivity index (χ0) is 20.1. The van der Waals surface area contributed by atoms with Gasteiger partial charge in [0.05, 0.1) is 32.5 Å². The molecule has 150 valence electrons. The maximum absolute atomic E-state index is 12.1. The van der Waals surface area contributed by atoms with Gasteiger partial charge in [0.25, 0.3) is 0 Å². The number of hydrazone groups is 1. The average molecular weight is 387 g/mol. The minimum Gasteiger partial charge on any atom is -0.465 e. The fourth-order valence-corrected chi connectivity index (χ4v) is 3.32. The van der Waals surface area contributed by atoms with Gasteiger partial charge in [-0.2, -0.15) is 5.10 Å². The molecule has 2 heterocycles.